The minimum absolute atomic E-state index is 0.0503. The molecule has 3 amide bonds. The number of halogens is 1. The van der Waals surface area contributed by atoms with Crippen LogP contribution in [-0.2, 0) is 11.3 Å². The van der Waals surface area contributed by atoms with E-state index in [4.69, 9.17) is 21.1 Å². The van der Waals surface area contributed by atoms with Crippen LogP contribution in [0.1, 0.15) is 17.2 Å². The quantitative estimate of drug-likeness (QED) is 0.638. The van der Waals surface area contributed by atoms with Crippen LogP contribution in [0.3, 0.4) is 0 Å². The van der Waals surface area contributed by atoms with E-state index >= 15 is 0 Å². The van der Waals surface area contributed by atoms with E-state index in [1.807, 2.05) is 23.1 Å². The highest BCUT2D eigenvalue weighted by molar-refractivity contribution is 6.32. The lowest BCUT2D eigenvalue weighted by atomic mass is 10.1. The second kappa shape index (κ2) is 8.81. The first-order chi connectivity index (χ1) is 13.5. The van der Waals surface area contributed by atoms with Gasteiger partial charge in [0.05, 0.1) is 18.2 Å². The number of benzene rings is 2. The lowest BCUT2D eigenvalue weighted by molar-refractivity contribution is -0.108. The van der Waals surface area contributed by atoms with Crippen LogP contribution in [0.25, 0.3) is 0 Å². The number of phenols is 1. The first kappa shape index (κ1) is 19.8. The summed E-state index contributed by atoms with van der Waals surface area (Å²) < 4.78 is 11.0. The average Bonchev–Trinajstić information content (AvgIpc) is 2.69. The molecule has 0 radical (unpaired) electrons. The number of phenolic OH excluding ortho intramolecular Hbond substituents is 1. The van der Waals surface area contributed by atoms with Crippen LogP contribution in [0.15, 0.2) is 36.4 Å². The Bertz CT molecular complexity index is 877. The van der Waals surface area contributed by atoms with Gasteiger partial charge in [0.25, 0.3) is 0 Å². The molecule has 2 aromatic rings. The number of imide groups is 1. The largest absolute Gasteiger partial charge is 0.506 e. The van der Waals surface area contributed by atoms with E-state index < -0.39 is 12.1 Å². The Morgan fingerprint density at radius 1 is 1.39 bits per heavy atom. The Morgan fingerprint density at radius 3 is 2.93 bits per heavy atom. The lowest BCUT2D eigenvalue weighted by Gasteiger charge is -2.32. The van der Waals surface area contributed by atoms with Gasteiger partial charge in [-0.1, -0.05) is 23.7 Å². The van der Waals surface area contributed by atoms with Crippen molar-refractivity contribution >= 4 is 24.0 Å². The monoisotopic (exact) mass is 405 g/mol. The SMILES string of the molecule is COc1ccc2c(c1)OCN(C[C@H](NC(=O)NC=O)c1ccc(O)c(Cl)c1)C2. The summed E-state index contributed by atoms with van der Waals surface area (Å²) in [6, 6.07) is 9.20. The first-order valence-electron chi connectivity index (χ1n) is 8.51. The molecule has 0 unspecified atom stereocenters. The Balaban J connectivity index is 1.77. The van der Waals surface area contributed by atoms with E-state index in [0.29, 0.717) is 31.8 Å². The number of hydrogen-bond donors (Lipinski definition) is 3. The molecular formula is C19H20ClN3O5. The predicted molar refractivity (Wildman–Crippen MR) is 102 cm³/mol. The van der Waals surface area contributed by atoms with E-state index in [2.05, 4.69) is 10.6 Å². The fourth-order valence-corrected chi connectivity index (χ4v) is 3.17. The van der Waals surface area contributed by atoms with E-state index in [-0.39, 0.29) is 10.8 Å². The molecule has 1 aliphatic rings. The second-order valence-electron chi connectivity index (χ2n) is 6.26. The number of amides is 3. The predicted octanol–water partition coefficient (Wildman–Crippen LogP) is 2.40. The topological polar surface area (TPSA) is 100 Å². The first-order valence-corrected chi connectivity index (χ1v) is 8.89. The molecular weight excluding hydrogens is 386 g/mol. The molecule has 0 saturated carbocycles. The van der Waals surface area contributed by atoms with Gasteiger partial charge < -0.3 is 19.9 Å². The third kappa shape index (κ3) is 4.65. The number of rotatable bonds is 6. The summed E-state index contributed by atoms with van der Waals surface area (Å²) in [5.74, 6) is 1.42. The van der Waals surface area contributed by atoms with Gasteiger partial charge in [0.1, 0.15) is 24.0 Å². The number of nitrogens with zero attached hydrogens (tertiary/aromatic N) is 1. The Kier molecular flexibility index (Phi) is 6.23. The van der Waals surface area contributed by atoms with Crippen LogP contribution in [0.2, 0.25) is 5.02 Å². The maximum absolute atomic E-state index is 11.9. The fourth-order valence-electron chi connectivity index (χ4n) is 2.98. The summed E-state index contributed by atoms with van der Waals surface area (Å²) in [6.45, 7) is 1.33. The Labute approximate surface area is 167 Å². The molecule has 0 fully saturated rings. The van der Waals surface area contributed by atoms with Gasteiger partial charge >= 0.3 is 6.03 Å². The average molecular weight is 406 g/mol. The summed E-state index contributed by atoms with van der Waals surface area (Å²) in [4.78, 5) is 24.4. The van der Waals surface area contributed by atoms with Crippen molar-refractivity contribution in [3.05, 3.63) is 52.5 Å². The summed E-state index contributed by atoms with van der Waals surface area (Å²) in [5.41, 5.74) is 1.68. The van der Waals surface area contributed by atoms with Gasteiger partial charge in [-0.05, 0) is 23.8 Å². The molecule has 1 atom stereocenters. The minimum Gasteiger partial charge on any atom is -0.506 e. The number of urea groups is 1. The van der Waals surface area contributed by atoms with E-state index in [1.54, 1.807) is 19.2 Å². The summed E-state index contributed by atoms with van der Waals surface area (Å²) in [5, 5.41) is 14.6. The highest BCUT2D eigenvalue weighted by Crippen LogP contribution is 2.31. The molecule has 3 N–H and O–H groups in total. The van der Waals surface area contributed by atoms with Crippen molar-refractivity contribution in [1.82, 2.24) is 15.5 Å². The zero-order valence-electron chi connectivity index (χ0n) is 15.1. The third-order valence-corrected chi connectivity index (χ3v) is 4.68. The number of carbonyl (C=O) groups excluding carboxylic acids is 2. The van der Waals surface area contributed by atoms with Crippen LogP contribution >= 0.6 is 11.6 Å². The lowest BCUT2D eigenvalue weighted by Crippen LogP contribution is -2.44. The van der Waals surface area contributed by atoms with Gasteiger partial charge in [-0.3, -0.25) is 15.0 Å². The van der Waals surface area contributed by atoms with Crippen molar-refractivity contribution in [3.63, 3.8) is 0 Å². The smallest absolute Gasteiger partial charge is 0.321 e. The van der Waals surface area contributed by atoms with E-state index in [0.717, 1.165) is 17.1 Å². The van der Waals surface area contributed by atoms with Crippen molar-refractivity contribution in [2.45, 2.75) is 12.6 Å². The number of nitrogens with one attached hydrogen (secondary N) is 2. The summed E-state index contributed by atoms with van der Waals surface area (Å²) in [6.07, 6.45) is 0.309. The van der Waals surface area contributed by atoms with Crippen LogP contribution in [0, 0.1) is 0 Å². The van der Waals surface area contributed by atoms with Gasteiger partial charge in [-0.25, -0.2) is 4.79 Å². The van der Waals surface area contributed by atoms with Crippen molar-refractivity contribution in [3.8, 4) is 17.2 Å². The van der Waals surface area contributed by atoms with E-state index in [1.165, 1.54) is 6.07 Å². The summed E-state index contributed by atoms with van der Waals surface area (Å²) in [7, 11) is 1.60. The standard InChI is InChI=1S/C19H20ClN3O5/c1-27-14-4-2-13-8-23(11-28-18(13)7-14)9-16(22-19(26)21-10-24)12-3-5-17(25)15(20)6-12/h2-7,10,16,25H,8-9,11H2,1H3,(H2,21,22,24,26)/t16-/m0/s1. The number of hydrogen-bond acceptors (Lipinski definition) is 6. The highest BCUT2D eigenvalue weighted by atomic mass is 35.5. The maximum atomic E-state index is 11.9. The molecule has 0 aliphatic carbocycles. The molecule has 8 nitrogen and oxygen atoms in total. The molecule has 148 valence electrons. The molecule has 3 rings (SSSR count). The molecule has 1 heterocycles. The van der Waals surface area contributed by atoms with Crippen molar-refractivity contribution in [2.24, 2.45) is 0 Å². The number of carbonyl (C=O) groups is 2. The van der Waals surface area contributed by atoms with Crippen molar-refractivity contribution in [1.29, 1.82) is 0 Å². The van der Waals surface area contributed by atoms with Crippen molar-refractivity contribution in [2.75, 3.05) is 20.4 Å². The van der Waals surface area contributed by atoms with E-state index in [9.17, 15) is 14.7 Å². The molecule has 28 heavy (non-hydrogen) atoms. The second-order valence-corrected chi connectivity index (χ2v) is 6.66. The zero-order valence-corrected chi connectivity index (χ0v) is 15.9. The number of aromatic hydroxyl groups is 1. The van der Waals surface area contributed by atoms with Crippen LogP contribution < -0.4 is 20.1 Å². The molecule has 0 aromatic heterocycles. The number of ether oxygens (including phenoxy) is 2. The van der Waals surface area contributed by atoms with Gasteiger partial charge in [0.15, 0.2) is 0 Å². The Morgan fingerprint density at radius 2 is 2.21 bits per heavy atom. The molecule has 2 aromatic carbocycles. The molecule has 0 bridgehead atoms. The highest BCUT2D eigenvalue weighted by Gasteiger charge is 2.24. The van der Waals surface area contributed by atoms with Crippen LogP contribution in [0.4, 0.5) is 4.79 Å². The fraction of sp³-hybridized carbons (Fsp3) is 0.263. The van der Waals surface area contributed by atoms with Crippen LogP contribution in [-0.4, -0.2) is 42.8 Å². The van der Waals surface area contributed by atoms with Gasteiger partial charge in [0.2, 0.25) is 6.41 Å². The van der Waals surface area contributed by atoms with Gasteiger partial charge in [-0.15, -0.1) is 0 Å². The number of methoxy groups -OCH3 is 1. The minimum atomic E-state index is -0.632. The Hall–Kier alpha value is -2.97. The molecule has 0 saturated heterocycles. The third-order valence-electron chi connectivity index (χ3n) is 4.38. The zero-order chi connectivity index (χ0) is 20.1. The molecule has 0 spiro atoms. The van der Waals surface area contributed by atoms with Gasteiger partial charge in [0, 0.05) is 24.7 Å². The maximum Gasteiger partial charge on any atom is 0.321 e. The normalized spacial score (nSPS) is 14.4. The van der Waals surface area contributed by atoms with Crippen molar-refractivity contribution < 1.29 is 24.2 Å². The van der Waals surface area contributed by atoms with Gasteiger partial charge in [-0.2, -0.15) is 0 Å². The number of fused-ring (bicyclic) bond motifs is 1. The summed E-state index contributed by atoms with van der Waals surface area (Å²) >= 11 is 6.01. The van der Waals surface area contributed by atoms with Crippen LogP contribution in [0.5, 0.6) is 17.2 Å². The molecule has 1 aliphatic heterocycles. The molecule has 9 heteroatoms.